The van der Waals surface area contributed by atoms with Crippen LogP contribution in [0, 0.1) is 12.5 Å². The zero-order valence-electron chi connectivity index (χ0n) is 13.1. The quantitative estimate of drug-likeness (QED) is 0.675. The molecule has 1 aliphatic heterocycles. The summed E-state index contributed by atoms with van der Waals surface area (Å²) in [6, 6.07) is 7.59. The zero-order chi connectivity index (χ0) is 16.4. The van der Waals surface area contributed by atoms with Crippen molar-refractivity contribution < 1.29 is 5.11 Å². The first-order valence-corrected chi connectivity index (χ1v) is 7.73. The van der Waals surface area contributed by atoms with E-state index in [0.717, 1.165) is 29.8 Å². The van der Waals surface area contributed by atoms with Crippen molar-refractivity contribution in [3.05, 3.63) is 48.1 Å². The fourth-order valence-electron chi connectivity index (χ4n) is 3.29. The van der Waals surface area contributed by atoms with Gasteiger partial charge in [0.25, 0.3) is 0 Å². The number of anilines is 2. The van der Waals surface area contributed by atoms with Crippen LogP contribution in [0.2, 0.25) is 0 Å². The number of aliphatic hydroxyl groups is 1. The Balaban J connectivity index is 2.05. The van der Waals surface area contributed by atoms with Gasteiger partial charge in [-0.2, -0.15) is 0 Å². The number of hydrogen-bond acceptors (Lipinski definition) is 4. The van der Waals surface area contributed by atoms with E-state index >= 15 is 0 Å². The summed E-state index contributed by atoms with van der Waals surface area (Å²) in [5.41, 5.74) is 10.1. The van der Waals surface area contributed by atoms with Crippen molar-refractivity contribution in [1.82, 2.24) is 4.98 Å². The van der Waals surface area contributed by atoms with E-state index in [0.29, 0.717) is 17.3 Å². The van der Waals surface area contributed by atoms with E-state index in [1.54, 1.807) is 18.5 Å². The topological polar surface area (TPSA) is 66.7 Å². The van der Waals surface area contributed by atoms with E-state index < -0.39 is 0 Å². The molecule has 23 heavy (non-hydrogen) atoms. The third kappa shape index (κ3) is 2.86. The van der Waals surface area contributed by atoms with Crippen LogP contribution in [0.15, 0.2) is 36.7 Å². The molecule has 2 atom stereocenters. The van der Waals surface area contributed by atoms with Crippen LogP contribution >= 0.6 is 0 Å². The number of nitrogen functional groups attached to an aromatic ring is 1. The molecule has 0 bridgehead atoms. The first kappa shape index (κ1) is 15.3. The van der Waals surface area contributed by atoms with Gasteiger partial charge in [0.2, 0.25) is 0 Å². The Morgan fingerprint density at radius 3 is 3.00 bits per heavy atom. The fraction of sp³-hybridized carbons (Fsp3) is 0.333. The molecule has 0 radical (unpaired) electrons. The van der Waals surface area contributed by atoms with Gasteiger partial charge in [-0.25, -0.2) is 4.85 Å². The molecule has 118 valence electrons. The molecule has 5 heteroatoms. The third-order valence-corrected chi connectivity index (χ3v) is 4.40. The summed E-state index contributed by atoms with van der Waals surface area (Å²) in [6.07, 6.45) is 4.29. The Morgan fingerprint density at radius 1 is 1.43 bits per heavy atom. The summed E-state index contributed by atoms with van der Waals surface area (Å²) in [6.45, 7) is 10.5. The van der Waals surface area contributed by atoms with Crippen LogP contribution in [-0.2, 0) is 0 Å². The highest BCUT2D eigenvalue weighted by Gasteiger charge is 2.30. The van der Waals surface area contributed by atoms with Crippen molar-refractivity contribution in [2.75, 3.05) is 23.8 Å². The summed E-state index contributed by atoms with van der Waals surface area (Å²) in [7, 11) is 0. The van der Waals surface area contributed by atoms with E-state index in [1.807, 2.05) is 18.2 Å². The molecule has 0 saturated carbocycles. The van der Waals surface area contributed by atoms with Crippen LogP contribution in [0.5, 0.6) is 0 Å². The maximum absolute atomic E-state index is 9.64. The lowest BCUT2D eigenvalue weighted by atomic mass is 10.0. The van der Waals surface area contributed by atoms with Gasteiger partial charge in [0, 0.05) is 24.5 Å². The number of nitrogens with zero attached hydrogens (tertiary/aromatic N) is 3. The minimum absolute atomic E-state index is 0.0942. The summed E-state index contributed by atoms with van der Waals surface area (Å²) in [4.78, 5) is 9.88. The van der Waals surface area contributed by atoms with Gasteiger partial charge in [-0.05, 0) is 36.1 Å². The number of rotatable bonds is 3. The molecule has 2 heterocycles. The minimum atomic E-state index is 0.0942. The number of aliphatic hydroxyl groups excluding tert-OH is 1. The lowest BCUT2D eigenvalue weighted by Crippen LogP contribution is -2.32. The Bertz CT molecular complexity index is 753. The number of nitrogens with two attached hydrogens (primary N) is 1. The van der Waals surface area contributed by atoms with Crippen molar-refractivity contribution >= 4 is 17.1 Å². The molecule has 3 rings (SSSR count). The van der Waals surface area contributed by atoms with E-state index in [2.05, 4.69) is 21.7 Å². The van der Waals surface area contributed by atoms with Crippen LogP contribution in [-0.4, -0.2) is 29.3 Å². The highest BCUT2D eigenvalue weighted by Crippen LogP contribution is 2.37. The average Bonchev–Trinajstić information content (AvgIpc) is 2.96. The molecule has 1 fully saturated rings. The van der Waals surface area contributed by atoms with Crippen molar-refractivity contribution in [2.45, 2.75) is 19.4 Å². The van der Waals surface area contributed by atoms with Crippen molar-refractivity contribution in [3.8, 4) is 11.1 Å². The Morgan fingerprint density at radius 2 is 2.26 bits per heavy atom. The predicted molar refractivity (Wildman–Crippen MR) is 92.3 cm³/mol. The van der Waals surface area contributed by atoms with Gasteiger partial charge in [-0.1, -0.05) is 13.0 Å². The molecule has 2 aromatic rings. The van der Waals surface area contributed by atoms with Gasteiger partial charge in [-0.3, -0.25) is 4.98 Å². The highest BCUT2D eigenvalue weighted by atomic mass is 16.3. The van der Waals surface area contributed by atoms with Gasteiger partial charge in [-0.15, -0.1) is 0 Å². The molecule has 1 aliphatic rings. The predicted octanol–water partition coefficient (Wildman–Crippen LogP) is 3.09. The molecule has 1 aromatic heterocycles. The molecule has 5 nitrogen and oxygen atoms in total. The Hall–Kier alpha value is -2.58. The molecule has 1 saturated heterocycles. The van der Waals surface area contributed by atoms with E-state index in [4.69, 9.17) is 12.3 Å². The maximum atomic E-state index is 9.64. The standard InChI is InChI=1S/C18H20N4O/c1-12-7-14(11-23)22(10-12)18-8-13(3-4-16(18)19)15-9-21-6-5-17(15)20-2/h3-6,8-9,12,14,23H,7,10-11,19H2,1H3/t12-,14-/m0/s1. The second kappa shape index (κ2) is 6.27. The average molecular weight is 308 g/mol. The molecule has 0 aliphatic carbocycles. The second-order valence-electron chi connectivity index (χ2n) is 6.11. The van der Waals surface area contributed by atoms with Crippen LogP contribution < -0.4 is 10.6 Å². The number of aromatic nitrogens is 1. The first-order valence-electron chi connectivity index (χ1n) is 7.73. The molecule has 0 unspecified atom stereocenters. The van der Waals surface area contributed by atoms with Crippen LogP contribution in [0.3, 0.4) is 0 Å². The second-order valence-corrected chi connectivity index (χ2v) is 6.11. The summed E-state index contributed by atoms with van der Waals surface area (Å²) in [5, 5.41) is 9.64. The van der Waals surface area contributed by atoms with Gasteiger partial charge in [0.05, 0.1) is 30.6 Å². The summed E-state index contributed by atoms with van der Waals surface area (Å²) >= 11 is 0. The molecule has 0 amide bonds. The van der Waals surface area contributed by atoms with E-state index in [1.165, 1.54) is 0 Å². The zero-order valence-corrected chi connectivity index (χ0v) is 13.1. The normalized spacial score (nSPS) is 20.5. The largest absolute Gasteiger partial charge is 0.397 e. The maximum Gasteiger partial charge on any atom is 0.197 e. The number of benzene rings is 1. The number of hydrogen-bond donors (Lipinski definition) is 2. The SMILES string of the molecule is [C-]#[N+]c1ccncc1-c1ccc(N)c(N2C[C@@H](C)C[C@H]2CO)c1. The Labute approximate surface area is 136 Å². The van der Waals surface area contributed by atoms with Crippen LogP contribution in [0.25, 0.3) is 16.0 Å². The monoisotopic (exact) mass is 308 g/mol. The molecule has 0 spiro atoms. The molecular formula is C18H20N4O. The van der Waals surface area contributed by atoms with Gasteiger partial charge < -0.3 is 15.7 Å². The smallest absolute Gasteiger partial charge is 0.197 e. The summed E-state index contributed by atoms with van der Waals surface area (Å²) in [5.74, 6) is 0.521. The molecular weight excluding hydrogens is 288 g/mol. The van der Waals surface area contributed by atoms with Gasteiger partial charge >= 0.3 is 0 Å². The highest BCUT2D eigenvalue weighted by molar-refractivity contribution is 5.83. The Kier molecular flexibility index (Phi) is 4.18. The first-order chi connectivity index (χ1) is 11.1. The van der Waals surface area contributed by atoms with Crippen molar-refractivity contribution in [1.29, 1.82) is 0 Å². The van der Waals surface area contributed by atoms with Crippen molar-refractivity contribution in [3.63, 3.8) is 0 Å². The third-order valence-electron chi connectivity index (χ3n) is 4.40. The van der Waals surface area contributed by atoms with Crippen molar-refractivity contribution in [2.24, 2.45) is 5.92 Å². The molecule has 1 aromatic carbocycles. The van der Waals surface area contributed by atoms with Gasteiger partial charge in [0.15, 0.2) is 5.69 Å². The number of pyridine rings is 1. The molecule has 3 N–H and O–H groups in total. The fourth-order valence-corrected chi connectivity index (χ4v) is 3.29. The van der Waals surface area contributed by atoms with Crippen LogP contribution in [0.1, 0.15) is 13.3 Å². The van der Waals surface area contributed by atoms with Crippen LogP contribution in [0.4, 0.5) is 17.1 Å². The minimum Gasteiger partial charge on any atom is -0.397 e. The summed E-state index contributed by atoms with van der Waals surface area (Å²) < 4.78 is 0. The van der Waals surface area contributed by atoms with E-state index in [9.17, 15) is 5.11 Å². The van der Waals surface area contributed by atoms with E-state index in [-0.39, 0.29) is 12.6 Å². The lowest BCUT2D eigenvalue weighted by molar-refractivity contribution is 0.264. The lowest BCUT2D eigenvalue weighted by Gasteiger charge is -2.27. The van der Waals surface area contributed by atoms with Gasteiger partial charge in [0.1, 0.15) is 0 Å².